The van der Waals surface area contributed by atoms with Crippen molar-refractivity contribution in [1.82, 2.24) is 15.2 Å². The molecule has 0 saturated heterocycles. The largest absolute Gasteiger partial charge is 0.347 e. The number of carbonyl (C=O) groups is 2. The van der Waals surface area contributed by atoms with Crippen LogP contribution in [0.15, 0.2) is 72.8 Å². The highest BCUT2D eigenvalue weighted by molar-refractivity contribution is 5.96. The van der Waals surface area contributed by atoms with Gasteiger partial charge in [0.15, 0.2) is 0 Å². The summed E-state index contributed by atoms with van der Waals surface area (Å²) < 4.78 is 0. The van der Waals surface area contributed by atoms with Crippen molar-refractivity contribution in [2.24, 2.45) is 0 Å². The molecule has 0 aliphatic rings. The van der Waals surface area contributed by atoms with E-state index in [0.717, 1.165) is 11.1 Å². The molecule has 0 saturated carbocycles. The Kier molecular flexibility index (Phi) is 6.17. The summed E-state index contributed by atoms with van der Waals surface area (Å²) in [7, 11) is 1.72. The van der Waals surface area contributed by atoms with E-state index in [0.29, 0.717) is 13.1 Å². The third-order valence-corrected chi connectivity index (χ3v) is 4.38. The van der Waals surface area contributed by atoms with Crippen LogP contribution >= 0.6 is 0 Å². The first-order valence-electron chi connectivity index (χ1n) is 9.13. The highest BCUT2D eigenvalue weighted by atomic mass is 16.2. The summed E-state index contributed by atoms with van der Waals surface area (Å²) in [5.41, 5.74) is 3.69. The molecule has 0 aliphatic carbocycles. The average molecular weight is 373 g/mol. The fourth-order valence-electron chi connectivity index (χ4n) is 2.78. The molecule has 1 aromatic heterocycles. The van der Waals surface area contributed by atoms with Gasteiger partial charge >= 0.3 is 0 Å². The lowest BCUT2D eigenvalue weighted by atomic mass is 10.1. The minimum Gasteiger partial charge on any atom is -0.347 e. The van der Waals surface area contributed by atoms with E-state index >= 15 is 0 Å². The van der Waals surface area contributed by atoms with Gasteiger partial charge in [0.25, 0.3) is 11.8 Å². The van der Waals surface area contributed by atoms with E-state index in [9.17, 15) is 9.59 Å². The molecule has 3 aromatic rings. The van der Waals surface area contributed by atoms with Crippen molar-refractivity contribution >= 4 is 11.8 Å². The van der Waals surface area contributed by atoms with Gasteiger partial charge in [-0.2, -0.15) is 0 Å². The zero-order valence-corrected chi connectivity index (χ0v) is 16.1. The third-order valence-electron chi connectivity index (χ3n) is 4.38. The number of aryl methyl sites for hydroxylation is 1. The van der Waals surface area contributed by atoms with Crippen molar-refractivity contribution < 1.29 is 9.59 Å². The lowest BCUT2D eigenvalue weighted by Gasteiger charge is -2.17. The van der Waals surface area contributed by atoms with Crippen LogP contribution in [0.25, 0.3) is 0 Å². The summed E-state index contributed by atoms with van der Waals surface area (Å²) in [4.78, 5) is 30.9. The van der Waals surface area contributed by atoms with Crippen LogP contribution in [0.3, 0.4) is 0 Å². The number of aromatic nitrogens is 1. The van der Waals surface area contributed by atoms with E-state index in [1.165, 1.54) is 5.56 Å². The van der Waals surface area contributed by atoms with Gasteiger partial charge in [0.05, 0.1) is 0 Å². The van der Waals surface area contributed by atoms with E-state index in [2.05, 4.69) is 10.3 Å². The fraction of sp³-hybridized carbons (Fsp3) is 0.174. The number of pyridine rings is 1. The SMILES string of the molecule is Cc1ccc(CNC(=O)c2cccc(C(=O)N(C)Cc3ccccc3)n2)cc1. The van der Waals surface area contributed by atoms with E-state index in [-0.39, 0.29) is 23.2 Å². The van der Waals surface area contributed by atoms with Crippen LogP contribution in [-0.4, -0.2) is 28.7 Å². The Morgan fingerprint density at radius 2 is 1.54 bits per heavy atom. The third kappa shape index (κ3) is 5.04. The molecule has 3 rings (SSSR count). The molecule has 0 unspecified atom stereocenters. The molecule has 0 atom stereocenters. The number of benzene rings is 2. The molecular formula is C23H23N3O2. The van der Waals surface area contributed by atoms with Crippen LogP contribution in [0, 0.1) is 6.92 Å². The summed E-state index contributed by atoms with van der Waals surface area (Å²) >= 11 is 0. The van der Waals surface area contributed by atoms with Crippen LogP contribution in [-0.2, 0) is 13.1 Å². The number of hydrogen-bond acceptors (Lipinski definition) is 3. The molecule has 0 spiro atoms. The Bertz CT molecular complexity index is 953. The Balaban J connectivity index is 1.64. The van der Waals surface area contributed by atoms with Crippen molar-refractivity contribution in [2.45, 2.75) is 20.0 Å². The number of amides is 2. The van der Waals surface area contributed by atoms with Gasteiger partial charge in [0, 0.05) is 20.1 Å². The highest BCUT2D eigenvalue weighted by Gasteiger charge is 2.16. The molecule has 2 aromatic carbocycles. The molecular weight excluding hydrogens is 350 g/mol. The first kappa shape index (κ1) is 19.3. The van der Waals surface area contributed by atoms with Crippen LogP contribution in [0.1, 0.15) is 37.7 Å². The first-order valence-corrected chi connectivity index (χ1v) is 9.13. The monoisotopic (exact) mass is 373 g/mol. The van der Waals surface area contributed by atoms with Gasteiger partial charge in [-0.15, -0.1) is 0 Å². The predicted octanol–water partition coefficient (Wildman–Crippen LogP) is 3.59. The summed E-state index contributed by atoms with van der Waals surface area (Å²) in [6.07, 6.45) is 0. The van der Waals surface area contributed by atoms with E-state index in [1.807, 2.05) is 61.5 Å². The van der Waals surface area contributed by atoms with Gasteiger partial charge in [-0.25, -0.2) is 4.98 Å². The molecule has 5 heteroatoms. The Morgan fingerprint density at radius 1 is 0.857 bits per heavy atom. The van der Waals surface area contributed by atoms with E-state index < -0.39 is 0 Å². The molecule has 2 amide bonds. The molecule has 28 heavy (non-hydrogen) atoms. The Labute approximate surface area is 165 Å². The maximum absolute atomic E-state index is 12.7. The van der Waals surface area contributed by atoms with Crippen molar-refractivity contribution in [3.05, 3.63) is 101 Å². The highest BCUT2D eigenvalue weighted by Crippen LogP contribution is 2.08. The summed E-state index contributed by atoms with van der Waals surface area (Å²) in [5, 5.41) is 2.84. The maximum Gasteiger partial charge on any atom is 0.272 e. The lowest BCUT2D eigenvalue weighted by molar-refractivity contribution is 0.0779. The molecule has 1 heterocycles. The topological polar surface area (TPSA) is 62.3 Å². The van der Waals surface area contributed by atoms with Gasteiger partial charge in [0.1, 0.15) is 11.4 Å². The molecule has 5 nitrogen and oxygen atoms in total. The molecule has 0 fully saturated rings. The molecule has 1 N–H and O–H groups in total. The second kappa shape index (κ2) is 8.95. The van der Waals surface area contributed by atoms with Crippen LogP contribution < -0.4 is 5.32 Å². The van der Waals surface area contributed by atoms with Gasteiger partial charge in [-0.3, -0.25) is 9.59 Å². The van der Waals surface area contributed by atoms with Gasteiger partial charge < -0.3 is 10.2 Å². The number of nitrogens with zero attached hydrogens (tertiary/aromatic N) is 2. The summed E-state index contributed by atoms with van der Waals surface area (Å²) in [6, 6.07) is 22.6. The average Bonchev–Trinajstić information content (AvgIpc) is 2.73. The Hall–Kier alpha value is -3.47. The zero-order chi connectivity index (χ0) is 19.9. The number of rotatable bonds is 6. The minimum absolute atomic E-state index is 0.225. The number of hydrogen-bond donors (Lipinski definition) is 1. The van der Waals surface area contributed by atoms with E-state index in [4.69, 9.17) is 0 Å². The maximum atomic E-state index is 12.7. The summed E-state index contributed by atoms with van der Waals surface area (Å²) in [6.45, 7) is 2.90. The Morgan fingerprint density at radius 3 is 2.25 bits per heavy atom. The fourth-order valence-corrected chi connectivity index (χ4v) is 2.78. The van der Waals surface area contributed by atoms with Crippen molar-refractivity contribution in [2.75, 3.05) is 7.05 Å². The van der Waals surface area contributed by atoms with Crippen molar-refractivity contribution in [3.8, 4) is 0 Å². The van der Waals surface area contributed by atoms with Crippen molar-refractivity contribution in [3.63, 3.8) is 0 Å². The molecule has 0 bridgehead atoms. The van der Waals surface area contributed by atoms with Gasteiger partial charge in [-0.1, -0.05) is 66.2 Å². The zero-order valence-electron chi connectivity index (χ0n) is 16.1. The quantitative estimate of drug-likeness (QED) is 0.718. The summed E-state index contributed by atoms with van der Waals surface area (Å²) in [5.74, 6) is -0.530. The number of nitrogens with one attached hydrogen (secondary N) is 1. The lowest BCUT2D eigenvalue weighted by Crippen LogP contribution is -2.29. The van der Waals surface area contributed by atoms with Crippen LogP contribution in [0.5, 0.6) is 0 Å². The van der Waals surface area contributed by atoms with Crippen LogP contribution in [0.2, 0.25) is 0 Å². The molecule has 0 aliphatic heterocycles. The normalized spacial score (nSPS) is 10.4. The van der Waals surface area contributed by atoms with Gasteiger partial charge in [-0.05, 0) is 30.2 Å². The molecule has 0 radical (unpaired) electrons. The van der Waals surface area contributed by atoms with Crippen molar-refractivity contribution in [1.29, 1.82) is 0 Å². The van der Waals surface area contributed by atoms with Crippen LogP contribution in [0.4, 0.5) is 0 Å². The second-order valence-corrected chi connectivity index (χ2v) is 6.72. The first-order chi connectivity index (χ1) is 13.5. The van der Waals surface area contributed by atoms with E-state index in [1.54, 1.807) is 30.1 Å². The second-order valence-electron chi connectivity index (χ2n) is 6.72. The predicted molar refractivity (Wildman–Crippen MR) is 109 cm³/mol. The number of carbonyl (C=O) groups excluding carboxylic acids is 2. The minimum atomic E-state index is -0.305. The standard InChI is InChI=1S/C23H23N3O2/c1-17-11-13-18(14-12-17)15-24-22(27)20-9-6-10-21(25-20)23(28)26(2)16-19-7-4-3-5-8-19/h3-14H,15-16H2,1-2H3,(H,24,27). The van der Waals surface area contributed by atoms with Gasteiger partial charge in [0.2, 0.25) is 0 Å². The smallest absolute Gasteiger partial charge is 0.272 e. The molecule has 142 valence electrons.